The predicted octanol–water partition coefficient (Wildman–Crippen LogP) is 2.98. The Kier molecular flexibility index (Phi) is 4.85. The fourth-order valence-corrected chi connectivity index (χ4v) is 2.01. The van der Waals surface area contributed by atoms with Crippen molar-refractivity contribution in [3.8, 4) is 0 Å². The van der Waals surface area contributed by atoms with E-state index in [0.29, 0.717) is 6.54 Å². The molecule has 2 aromatic rings. The Bertz CT molecular complexity index is 654. The van der Waals surface area contributed by atoms with Crippen molar-refractivity contribution in [1.82, 2.24) is 15.1 Å². The summed E-state index contributed by atoms with van der Waals surface area (Å²) < 4.78 is 28.1. The normalized spacial score (nSPS) is 10.5. The molecule has 1 aromatic heterocycles. The minimum Gasteiger partial charge on any atom is -0.358 e. The number of thiocarbonyl (C=S) groups is 1. The summed E-state index contributed by atoms with van der Waals surface area (Å²) in [7, 11) is 0. The predicted molar refractivity (Wildman–Crippen MR) is 82.1 cm³/mol. The first-order valence-corrected chi connectivity index (χ1v) is 6.93. The van der Waals surface area contributed by atoms with Crippen LogP contribution >= 0.6 is 12.2 Å². The molecule has 0 aliphatic rings. The van der Waals surface area contributed by atoms with Gasteiger partial charge in [-0.05, 0) is 38.2 Å². The van der Waals surface area contributed by atoms with E-state index in [1.165, 1.54) is 12.1 Å². The fourth-order valence-electron chi connectivity index (χ4n) is 1.83. The number of hydrogen-bond acceptors (Lipinski definition) is 2. The van der Waals surface area contributed by atoms with Gasteiger partial charge in [-0.3, -0.25) is 4.68 Å². The maximum atomic E-state index is 13.5. The lowest BCUT2D eigenvalue weighted by atomic mass is 10.2. The highest BCUT2D eigenvalue weighted by molar-refractivity contribution is 7.80. The van der Waals surface area contributed by atoms with E-state index in [9.17, 15) is 8.78 Å². The highest BCUT2D eigenvalue weighted by atomic mass is 32.1. The van der Waals surface area contributed by atoms with Crippen LogP contribution in [0.1, 0.15) is 18.2 Å². The monoisotopic (exact) mass is 310 g/mol. The van der Waals surface area contributed by atoms with Crippen molar-refractivity contribution in [2.45, 2.75) is 26.9 Å². The first kappa shape index (κ1) is 15.4. The maximum Gasteiger partial charge on any atom is 0.171 e. The van der Waals surface area contributed by atoms with E-state index in [4.69, 9.17) is 12.2 Å². The standard InChI is InChI=1S/C14H16F2N4S/c1-3-20-8-10(9(2)19-20)7-17-14(21)18-13-5-4-11(15)6-12(13)16/h4-6,8H,3,7H2,1-2H3,(H2,17,18,21). The van der Waals surface area contributed by atoms with Gasteiger partial charge in [-0.2, -0.15) is 5.10 Å². The molecule has 0 saturated heterocycles. The zero-order chi connectivity index (χ0) is 15.4. The summed E-state index contributed by atoms with van der Waals surface area (Å²) in [6.07, 6.45) is 1.93. The third-order valence-electron chi connectivity index (χ3n) is 2.99. The molecule has 2 rings (SSSR count). The van der Waals surface area contributed by atoms with Gasteiger partial charge in [-0.1, -0.05) is 0 Å². The molecule has 7 heteroatoms. The quantitative estimate of drug-likeness (QED) is 0.852. The van der Waals surface area contributed by atoms with Gasteiger partial charge < -0.3 is 10.6 Å². The van der Waals surface area contributed by atoms with Gasteiger partial charge in [0.05, 0.1) is 11.4 Å². The molecule has 0 radical (unpaired) electrons. The molecule has 1 heterocycles. The van der Waals surface area contributed by atoms with Gasteiger partial charge >= 0.3 is 0 Å². The first-order chi connectivity index (χ1) is 9.99. The van der Waals surface area contributed by atoms with Gasteiger partial charge in [-0.15, -0.1) is 0 Å². The van der Waals surface area contributed by atoms with Crippen molar-refractivity contribution in [3.05, 3.63) is 47.3 Å². The van der Waals surface area contributed by atoms with Crippen molar-refractivity contribution in [1.29, 1.82) is 0 Å². The maximum absolute atomic E-state index is 13.5. The lowest BCUT2D eigenvalue weighted by molar-refractivity contribution is 0.586. The van der Waals surface area contributed by atoms with Crippen LogP contribution < -0.4 is 10.6 Å². The Labute approximate surface area is 127 Å². The molecule has 0 spiro atoms. The van der Waals surface area contributed by atoms with Crippen molar-refractivity contribution in [2.75, 3.05) is 5.32 Å². The van der Waals surface area contributed by atoms with Crippen LogP contribution in [-0.2, 0) is 13.1 Å². The lowest BCUT2D eigenvalue weighted by Crippen LogP contribution is -2.28. The molecule has 0 fully saturated rings. The Balaban J connectivity index is 1.94. The molecule has 0 unspecified atom stereocenters. The van der Waals surface area contributed by atoms with Crippen molar-refractivity contribution >= 4 is 23.0 Å². The topological polar surface area (TPSA) is 41.9 Å². The van der Waals surface area contributed by atoms with Crippen LogP contribution in [0.5, 0.6) is 0 Å². The lowest BCUT2D eigenvalue weighted by Gasteiger charge is -2.10. The van der Waals surface area contributed by atoms with Gasteiger partial charge in [0.2, 0.25) is 0 Å². The van der Waals surface area contributed by atoms with E-state index in [0.717, 1.165) is 23.9 Å². The number of nitrogens with zero attached hydrogens (tertiary/aromatic N) is 2. The number of aryl methyl sites for hydroxylation is 2. The number of aromatic nitrogens is 2. The SMILES string of the molecule is CCn1cc(CNC(=S)Nc2ccc(F)cc2F)c(C)n1. The summed E-state index contributed by atoms with van der Waals surface area (Å²) >= 11 is 5.10. The van der Waals surface area contributed by atoms with Crippen LogP contribution in [0.3, 0.4) is 0 Å². The molecule has 4 nitrogen and oxygen atoms in total. The average Bonchev–Trinajstić information content (AvgIpc) is 2.80. The number of nitrogens with one attached hydrogen (secondary N) is 2. The molecule has 21 heavy (non-hydrogen) atoms. The van der Waals surface area contributed by atoms with Crippen LogP contribution in [0.15, 0.2) is 24.4 Å². The van der Waals surface area contributed by atoms with Crippen molar-refractivity contribution < 1.29 is 8.78 Å². The first-order valence-electron chi connectivity index (χ1n) is 6.52. The zero-order valence-corrected chi connectivity index (χ0v) is 12.6. The molecule has 0 atom stereocenters. The Morgan fingerprint density at radius 3 is 2.76 bits per heavy atom. The molecule has 2 N–H and O–H groups in total. The molecule has 0 aliphatic heterocycles. The minimum absolute atomic E-state index is 0.134. The number of rotatable bonds is 4. The van der Waals surface area contributed by atoms with Crippen LogP contribution in [0.4, 0.5) is 14.5 Å². The molecular weight excluding hydrogens is 294 g/mol. The van der Waals surface area contributed by atoms with Gasteiger partial charge in [-0.25, -0.2) is 8.78 Å². The summed E-state index contributed by atoms with van der Waals surface area (Å²) in [4.78, 5) is 0. The van der Waals surface area contributed by atoms with Crippen molar-refractivity contribution in [2.24, 2.45) is 0 Å². The number of benzene rings is 1. The van der Waals surface area contributed by atoms with E-state index in [-0.39, 0.29) is 10.8 Å². The smallest absolute Gasteiger partial charge is 0.171 e. The van der Waals surface area contributed by atoms with E-state index < -0.39 is 11.6 Å². The summed E-state index contributed by atoms with van der Waals surface area (Å²) in [6, 6.07) is 3.28. The van der Waals surface area contributed by atoms with Crippen LogP contribution in [-0.4, -0.2) is 14.9 Å². The molecule has 0 saturated carbocycles. The number of anilines is 1. The van der Waals surface area contributed by atoms with Crippen LogP contribution in [0, 0.1) is 18.6 Å². The third-order valence-corrected chi connectivity index (χ3v) is 3.24. The van der Waals surface area contributed by atoms with Crippen molar-refractivity contribution in [3.63, 3.8) is 0 Å². The summed E-state index contributed by atoms with van der Waals surface area (Å²) in [6.45, 7) is 5.21. The zero-order valence-electron chi connectivity index (χ0n) is 11.8. The second kappa shape index (κ2) is 6.62. The van der Waals surface area contributed by atoms with E-state index in [1.54, 1.807) is 0 Å². The van der Waals surface area contributed by atoms with E-state index in [2.05, 4.69) is 15.7 Å². The molecule has 0 bridgehead atoms. The van der Waals surface area contributed by atoms with E-state index in [1.807, 2.05) is 24.7 Å². The van der Waals surface area contributed by atoms with Crippen LogP contribution in [0.25, 0.3) is 0 Å². The van der Waals surface area contributed by atoms with Gasteiger partial charge in [0.25, 0.3) is 0 Å². The van der Waals surface area contributed by atoms with E-state index >= 15 is 0 Å². The summed E-state index contributed by atoms with van der Waals surface area (Å²) in [5, 5.41) is 10.3. The second-order valence-electron chi connectivity index (χ2n) is 4.53. The van der Waals surface area contributed by atoms with Gasteiger partial charge in [0, 0.05) is 30.9 Å². The number of halogens is 2. The molecule has 0 amide bonds. The van der Waals surface area contributed by atoms with Gasteiger partial charge in [0.1, 0.15) is 11.6 Å². The van der Waals surface area contributed by atoms with Crippen LogP contribution in [0.2, 0.25) is 0 Å². The summed E-state index contributed by atoms with van der Waals surface area (Å²) in [5.41, 5.74) is 2.07. The Morgan fingerprint density at radius 1 is 1.38 bits per heavy atom. The summed E-state index contributed by atoms with van der Waals surface area (Å²) in [5.74, 6) is -1.31. The second-order valence-corrected chi connectivity index (χ2v) is 4.94. The Hall–Kier alpha value is -2.02. The fraction of sp³-hybridized carbons (Fsp3) is 0.286. The van der Waals surface area contributed by atoms with Gasteiger partial charge in [0.15, 0.2) is 5.11 Å². The molecule has 1 aromatic carbocycles. The highest BCUT2D eigenvalue weighted by Gasteiger charge is 2.07. The largest absolute Gasteiger partial charge is 0.358 e. The minimum atomic E-state index is -0.686. The highest BCUT2D eigenvalue weighted by Crippen LogP contribution is 2.14. The molecule has 112 valence electrons. The Morgan fingerprint density at radius 2 is 2.14 bits per heavy atom. The average molecular weight is 310 g/mol. The third kappa shape index (κ3) is 3.98. The molecule has 0 aliphatic carbocycles. The number of hydrogen-bond donors (Lipinski definition) is 2. The molecular formula is C14H16F2N4S.